The average Bonchev–Trinajstić information content (AvgIpc) is 3.61. The van der Waals surface area contributed by atoms with Gasteiger partial charge in [0.05, 0.1) is 22.2 Å². The Hall–Kier alpha value is -5.93. The van der Waals surface area contributed by atoms with Gasteiger partial charge >= 0.3 is 0 Å². The van der Waals surface area contributed by atoms with Gasteiger partial charge in [-0.1, -0.05) is 96.6 Å². The molecule has 0 saturated carbocycles. The minimum Gasteiger partial charge on any atom is -0.309 e. The van der Waals surface area contributed by atoms with Crippen LogP contribution in [-0.4, -0.2) is 14.1 Å². The van der Waals surface area contributed by atoms with Crippen LogP contribution in [0.25, 0.3) is 78.5 Å². The van der Waals surface area contributed by atoms with Crippen molar-refractivity contribution in [1.29, 1.82) is 0 Å². The van der Waals surface area contributed by atoms with Crippen molar-refractivity contribution in [1.82, 2.24) is 14.1 Å². The minimum absolute atomic E-state index is 1.06. The molecule has 0 bridgehead atoms. The molecule has 0 spiro atoms. The lowest BCUT2D eigenvalue weighted by atomic mass is 10.0. The van der Waals surface area contributed by atoms with Gasteiger partial charge in [-0.25, -0.2) is 0 Å². The van der Waals surface area contributed by atoms with Crippen LogP contribution < -0.4 is 0 Å². The van der Waals surface area contributed by atoms with Crippen LogP contribution in [0.3, 0.4) is 0 Å². The predicted octanol–water partition coefficient (Wildman–Crippen LogP) is 11.7. The molecule has 3 aromatic heterocycles. The molecule has 3 heteroatoms. The van der Waals surface area contributed by atoms with E-state index in [2.05, 4.69) is 167 Å². The Morgan fingerprint density at radius 1 is 0.532 bits per heavy atom. The van der Waals surface area contributed by atoms with Crippen molar-refractivity contribution in [3.63, 3.8) is 0 Å². The smallest absolute Gasteiger partial charge is 0.0541 e. The van der Waals surface area contributed by atoms with Crippen molar-refractivity contribution in [2.24, 2.45) is 0 Å². The summed E-state index contributed by atoms with van der Waals surface area (Å²) in [4.78, 5) is 4.66. The maximum absolute atomic E-state index is 4.66. The van der Waals surface area contributed by atoms with Gasteiger partial charge in [0.2, 0.25) is 0 Å². The summed E-state index contributed by atoms with van der Waals surface area (Å²) in [6, 6.07) is 46.0. The minimum atomic E-state index is 1.06. The van der Waals surface area contributed by atoms with Crippen molar-refractivity contribution in [3.05, 3.63) is 163 Å². The number of hydrogen-bond donors (Lipinski definition) is 0. The van der Waals surface area contributed by atoms with E-state index in [0.717, 1.165) is 46.5 Å². The fraction of sp³-hybridized carbons (Fsp3) is 0.0682. The molecular formula is C44H33N3. The zero-order valence-corrected chi connectivity index (χ0v) is 26.3. The van der Waals surface area contributed by atoms with Crippen LogP contribution in [0.2, 0.25) is 0 Å². The first kappa shape index (κ1) is 27.4. The quantitative estimate of drug-likeness (QED) is 0.196. The van der Waals surface area contributed by atoms with Gasteiger partial charge in [0.15, 0.2) is 0 Å². The summed E-state index contributed by atoms with van der Waals surface area (Å²) in [6.07, 6.45) is 13.1. The number of hydrogen-bond acceptors (Lipinski definition) is 1. The van der Waals surface area contributed by atoms with Crippen molar-refractivity contribution in [2.75, 3.05) is 0 Å². The van der Waals surface area contributed by atoms with Gasteiger partial charge in [0, 0.05) is 56.6 Å². The Morgan fingerprint density at radius 3 is 1.64 bits per heavy atom. The van der Waals surface area contributed by atoms with Crippen molar-refractivity contribution in [2.45, 2.75) is 19.8 Å². The molecule has 224 valence electrons. The number of pyridine rings is 1. The standard InChI is InChI=1S/C44H33N3/c1-30-10-2-6-17-44-40(26-30)39-13-5-9-16-43(39)47(44)36-24-20-32(21-25-36)34-27-33(28-45-29-34)31-18-22-35(23-19-31)46-41-14-7-3-11-37(41)38-12-4-8-15-42(38)46/h3-9,11-29H,2,10H2,1H3/b17-6-,30-26+. The van der Waals surface area contributed by atoms with E-state index in [0.29, 0.717) is 0 Å². The summed E-state index contributed by atoms with van der Waals surface area (Å²) in [7, 11) is 0. The lowest BCUT2D eigenvalue weighted by Crippen LogP contribution is -1.98. The summed E-state index contributed by atoms with van der Waals surface area (Å²) < 4.78 is 4.75. The average molecular weight is 604 g/mol. The van der Waals surface area contributed by atoms with E-state index in [1.165, 1.54) is 49.5 Å². The third-order valence-corrected chi connectivity index (χ3v) is 9.56. The molecule has 0 saturated heterocycles. The summed E-state index contributed by atoms with van der Waals surface area (Å²) in [5, 5.41) is 3.84. The molecule has 0 atom stereocenters. The summed E-state index contributed by atoms with van der Waals surface area (Å²) in [5.74, 6) is 0. The van der Waals surface area contributed by atoms with Gasteiger partial charge in [-0.05, 0) is 85.5 Å². The van der Waals surface area contributed by atoms with E-state index >= 15 is 0 Å². The molecule has 8 aromatic rings. The van der Waals surface area contributed by atoms with Gasteiger partial charge < -0.3 is 9.13 Å². The molecule has 1 aliphatic rings. The number of para-hydroxylation sites is 3. The molecule has 5 aromatic carbocycles. The lowest BCUT2D eigenvalue weighted by Gasteiger charge is -2.12. The fourth-order valence-corrected chi connectivity index (χ4v) is 7.27. The molecule has 47 heavy (non-hydrogen) atoms. The molecule has 3 nitrogen and oxygen atoms in total. The number of benzene rings is 5. The Bertz CT molecular complexity index is 2450. The molecule has 0 radical (unpaired) electrons. The Labute approximate surface area is 274 Å². The number of allylic oxidation sites excluding steroid dienone is 2. The largest absolute Gasteiger partial charge is 0.309 e. The number of fused-ring (bicyclic) bond motifs is 6. The second-order valence-corrected chi connectivity index (χ2v) is 12.5. The SMILES string of the molecule is C/C1=C\c2c(n(-c3ccc(-c4cncc(-c5ccc(-n6c7ccccc7c7ccccc76)cc5)c4)cc3)c3ccccc23)/C=C\CC1. The molecule has 3 heterocycles. The van der Waals surface area contributed by atoms with Crippen LogP contribution in [0.4, 0.5) is 0 Å². The first-order valence-corrected chi connectivity index (χ1v) is 16.3. The molecule has 0 N–H and O–H groups in total. The van der Waals surface area contributed by atoms with Crippen LogP contribution in [0.1, 0.15) is 31.0 Å². The highest BCUT2D eigenvalue weighted by molar-refractivity contribution is 6.09. The Kier molecular flexibility index (Phi) is 6.50. The van der Waals surface area contributed by atoms with Gasteiger partial charge in [-0.15, -0.1) is 0 Å². The Balaban J connectivity index is 1.06. The molecule has 1 aliphatic carbocycles. The van der Waals surface area contributed by atoms with E-state index in [1.807, 2.05) is 12.4 Å². The maximum Gasteiger partial charge on any atom is 0.0541 e. The first-order valence-electron chi connectivity index (χ1n) is 16.3. The van der Waals surface area contributed by atoms with Crippen molar-refractivity contribution in [3.8, 4) is 33.6 Å². The third kappa shape index (κ3) is 4.62. The number of aromatic nitrogens is 3. The topological polar surface area (TPSA) is 22.8 Å². The van der Waals surface area contributed by atoms with Crippen LogP contribution >= 0.6 is 0 Å². The maximum atomic E-state index is 4.66. The van der Waals surface area contributed by atoms with Crippen LogP contribution in [-0.2, 0) is 0 Å². The fourth-order valence-electron chi connectivity index (χ4n) is 7.27. The third-order valence-electron chi connectivity index (χ3n) is 9.56. The highest BCUT2D eigenvalue weighted by Crippen LogP contribution is 2.36. The second kappa shape index (κ2) is 11.1. The van der Waals surface area contributed by atoms with Gasteiger partial charge in [-0.3, -0.25) is 4.98 Å². The lowest BCUT2D eigenvalue weighted by molar-refractivity contribution is 0.983. The summed E-state index contributed by atoms with van der Waals surface area (Å²) >= 11 is 0. The van der Waals surface area contributed by atoms with Crippen molar-refractivity contribution >= 4 is 44.9 Å². The van der Waals surface area contributed by atoms with Gasteiger partial charge in [0.25, 0.3) is 0 Å². The molecule has 0 unspecified atom stereocenters. The van der Waals surface area contributed by atoms with E-state index in [4.69, 9.17) is 0 Å². The normalized spacial score (nSPS) is 14.9. The Morgan fingerprint density at radius 2 is 1.04 bits per heavy atom. The van der Waals surface area contributed by atoms with Crippen LogP contribution in [0.5, 0.6) is 0 Å². The molecule has 0 fully saturated rings. The monoisotopic (exact) mass is 603 g/mol. The predicted molar refractivity (Wildman–Crippen MR) is 198 cm³/mol. The number of nitrogens with zero attached hydrogens (tertiary/aromatic N) is 3. The zero-order chi connectivity index (χ0) is 31.3. The summed E-state index contributed by atoms with van der Waals surface area (Å²) in [6.45, 7) is 2.24. The highest BCUT2D eigenvalue weighted by atomic mass is 15.0. The van der Waals surface area contributed by atoms with Gasteiger partial charge in [-0.2, -0.15) is 0 Å². The highest BCUT2D eigenvalue weighted by Gasteiger charge is 2.17. The van der Waals surface area contributed by atoms with Gasteiger partial charge in [0.1, 0.15) is 0 Å². The molecule has 0 amide bonds. The van der Waals surface area contributed by atoms with E-state index in [9.17, 15) is 0 Å². The van der Waals surface area contributed by atoms with Crippen molar-refractivity contribution < 1.29 is 0 Å². The molecule has 9 rings (SSSR count). The van der Waals surface area contributed by atoms with Crippen LogP contribution in [0.15, 0.2) is 151 Å². The van der Waals surface area contributed by atoms with E-state index in [1.54, 1.807) is 0 Å². The molecular weight excluding hydrogens is 571 g/mol. The first-order chi connectivity index (χ1) is 23.2. The van der Waals surface area contributed by atoms with E-state index in [-0.39, 0.29) is 0 Å². The number of rotatable bonds is 4. The zero-order valence-electron chi connectivity index (χ0n) is 26.3. The second-order valence-electron chi connectivity index (χ2n) is 12.5. The summed E-state index contributed by atoms with van der Waals surface area (Å²) in [5.41, 5.74) is 14.4. The van der Waals surface area contributed by atoms with Crippen LogP contribution in [0, 0.1) is 0 Å². The molecule has 0 aliphatic heterocycles. The van der Waals surface area contributed by atoms with E-state index < -0.39 is 0 Å².